The average Bonchev–Trinajstić information content (AvgIpc) is 2.30. The van der Waals surface area contributed by atoms with Crippen LogP contribution in [0.1, 0.15) is 25.8 Å². The third-order valence-electron chi connectivity index (χ3n) is 1.99. The predicted octanol–water partition coefficient (Wildman–Crippen LogP) is 5.10. The largest absolute Gasteiger partial charge is 0.0988 e. The molecule has 1 aromatic carbocycles. The molecule has 0 unspecified atom stereocenters. The fourth-order valence-corrected chi connectivity index (χ4v) is 1.20. The molecular weight excluding hydrogens is 192 g/mol. The van der Waals surface area contributed by atoms with E-state index in [9.17, 15) is 0 Å². The molecular formula is C16H22. The van der Waals surface area contributed by atoms with Crippen molar-refractivity contribution in [2.45, 2.75) is 20.3 Å². The molecule has 0 spiro atoms. The summed E-state index contributed by atoms with van der Waals surface area (Å²) in [6, 6.07) is 10.0. The first-order valence-corrected chi connectivity index (χ1v) is 5.57. The van der Waals surface area contributed by atoms with Gasteiger partial charge in [0.25, 0.3) is 0 Å². The van der Waals surface area contributed by atoms with Gasteiger partial charge >= 0.3 is 0 Å². The molecule has 0 bridgehead atoms. The summed E-state index contributed by atoms with van der Waals surface area (Å²) in [5.41, 5.74) is 2.31. The average molecular weight is 214 g/mol. The summed E-state index contributed by atoms with van der Waals surface area (Å²) < 4.78 is 0. The Morgan fingerprint density at radius 2 is 1.75 bits per heavy atom. The van der Waals surface area contributed by atoms with Crippen molar-refractivity contribution in [1.82, 2.24) is 0 Å². The first kappa shape index (κ1) is 14.4. The Balaban J connectivity index is 0.000000281. The summed E-state index contributed by atoms with van der Waals surface area (Å²) in [6.45, 7) is 15.4. The van der Waals surface area contributed by atoms with Crippen molar-refractivity contribution in [3.05, 3.63) is 67.3 Å². The van der Waals surface area contributed by atoms with Crippen molar-refractivity contribution in [3.63, 3.8) is 0 Å². The van der Waals surface area contributed by atoms with Crippen LogP contribution in [0.2, 0.25) is 0 Å². The lowest BCUT2D eigenvalue weighted by atomic mass is 10.1. The van der Waals surface area contributed by atoms with Crippen molar-refractivity contribution in [2.24, 2.45) is 5.92 Å². The lowest BCUT2D eigenvalue weighted by molar-refractivity contribution is 0.651. The summed E-state index contributed by atoms with van der Waals surface area (Å²) in [5, 5.41) is 0. The highest BCUT2D eigenvalue weighted by Crippen LogP contribution is 2.07. The zero-order chi connectivity index (χ0) is 12.4. The van der Waals surface area contributed by atoms with Crippen molar-refractivity contribution >= 4 is 6.08 Å². The quantitative estimate of drug-likeness (QED) is 0.611. The smallest absolute Gasteiger partial charge is 0.0262 e. The summed E-state index contributed by atoms with van der Waals surface area (Å²) in [7, 11) is 0. The van der Waals surface area contributed by atoms with Gasteiger partial charge in [-0.2, -0.15) is 0 Å². The van der Waals surface area contributed by atoms with Gasteiger partial charge in [-0.1, -0.05) is 81.6 Å². The summed E-state index contributed by atoms with van der Waals surface area (Å²) in [5.74, 6) is 0.709. The molecule has 0 nitrogen and oxygen atoms in total. The Kier molecular flexibility index (Phi) is 7.87. The van der Waals surface area contributed by atoms with Gasteiger partial charge in [0.2, 0.25) is 0 Å². The zero-order valence-corrected chi connectivity index (χ0v) is 10.4. The van der Waals surface area contributed by atoms with Crippen molar-refractivity contribution in [3.8, 4) is 0 Å². The van der Waals surface area contributed by atoms with Gasteiger partial charge < -0.3 is 0 Å². The van der Waals surface area contributed by atoms with E-state index in [0.717, 1.165) is 12.0 Å². The number of rotatable bonds is 4. The molecule has 86 valence electrons. The fourth-order valence-electron chi connectivity index (χ4n) is 1.20. The molecule has 0 aliphatic heterocycles. The molecule has 0 saturated carbocycles. The standard InChI is InChI=1S/C8H8.C8H14/c1-2-8-6-4-3-5-7-8;1-5-8(4)6-7(2)3/h2-7H,1H2;5,7H,1,4,6H2,2-3H3. The van der Waals surface area contributed by atoms with Gasteiger partial charge in [-0.25, -0.2) is 0 Å². The summed E-state index contributed by atoms with van der Waals surface area (Å²) in [6.07, 6.45) is 4.73. The van der Waals surface area contributed by atoms with Crippen LogP contribution < -0.4 is 0 Å². The van der Waals surface area contributed by atoms with Crippen LogP contribution in [0.25, 0.3) is 6.08 Å². The van der Waals surface area contributed by atoms with Crippen LogP contribution in [0.4, 0.5) is 0 Å². The minimum Gasteiger partial charge on any atom is -0.0988 e. The molecule has 0 fully saturated rings. The molecule has 0 saturated heterocycles. The zero-order valence-electron chi connectivity index (χ0n) is 10.4. The van der Waals surface area contributed by atoms with E-state index in [2.05, 4.69) is 33.6 Å². The van der Waals surface area contributed by atoms with Crippen LogP contribution in [0.15, 0.2) is 61.7 Å². The van der Waals surface area contributed by atoms with E-state index >= 15 is 0 Å². The molecule has 0 radical (unpaired) electrons. The highest BCUT2D eigenvalue weighted by Gasteiger charge is 1.92. The van der Waals surface area contributed by atoms with Crippen LogP contribution in [0.3, 0.4) is 0 Å². The minimum atomic E-state index is 0.709. The predicted molar refractivity (Wildman–Crippen MR) is 75.3 cm³/mol. The summed E-state index contributed by atoms with van der Waals surface area (Å²) >= 11 is 0. The molecule has 0 aliphatic carbocycles. The lowest BCUT2D eigenvalue weighted by Gasteiger charge is -2.01. The van der Waals surface area contributed by atoms with E-state index < -0.39 is 0 Å². The van der Waals surface area contributed by atoms with Crippen LogP contribution in [-0.2, 0) is 0 Å². The third-order valence-corrected chi connectivity index (χ3v) is 1.99. The first-order chi connectivity index (χ1) is 7.60. The maximum atomic E-state index is 3.80. The Bertz CT molecular complexity index is 317. The molecule has 0 N–H and O–H groups in total. The summed E-state index contributed by atoms with van der Waals surface area (Å²) in [4.78, 5) is 0. The van der Waals surface area contributed by atoms with E-state index in [1.807, 2.05) is 42.5 Å². The number of benzene rings is 1. The Morgan fingerprint density at radius 3 is 2.00 bits per heavy atom. The van der Waals surface area contributed by atoms with Crippen molar-refractivity contribution < 1.29 is 0 Å². The van der Waals surface area contributed by atoms with Crippen LogP contribution in [-0.4, -0.2) is 0 Å². The van der Waals surface area contributed by atoms with Gasteiger partial charge in [-0.3, -0.25) is 0 Å². The number of hydrogen-bond donors (Lipinski definition) is 0. The van der Waals surface area contributed by atoms with E-state index in [-0.39, 0.29) is 0 Å². The molecule has 0 aliphatic rings. The second-order valence-corrected chi connectivity index (χ2v) is 4.08. The van der Waals surface area contributed by atoms with Gasteiger partial charge in [0.15, 0.2) is 0 Å². The molecule has 0 heteroatoms. The van der Waals surface area contributed by atoms with E-state index in [1.54, 1.807) is 0 Å². The Morgan fingerprint density at radius 1 is 1.19 bits per heavy atom. The van der Waals surface area contributed by atoms with E-state index in [4.69, 9.17) is 0 Å². The molecule has 0 aromatic heterocycles. The van der Waals surface area contributed by atoms with Crippen LogP contribution in [0, 0.1) is 5.92 Å². The van der Waals surface area contributed by atoms with Crippen LogP contribution in [0.5, 0.6) is 0 Å². The molecule has 16 heavy (non-hydrogen) atoms. The van der Waals surface area contributed by atoms with Crippen LogP contribution >= 0.6 is 0 Å². The van der Waals surface area contributed by atoms with Gasteiger partial charge in [0.1, 0.15) is 0 Å². The third kappa shape index (κ3) is 7.81. The Hall–Kier alpha value is -1.56. The van der Waals surface area contributed by atoms with Crippen molar-refractivity contribution in [2.75, 3.05) is 0 Å². The fraction of sp³-hybridized carbons (Fsp3) is 0.250. The second kappa shape index (κ2) is 8.72. The number of allylic oxidation sites excluding steroid dienone is 2. The highest BCUT2D eigenvalue weighted by molar-refractivity contribution is 5.45. The highest BCUT2D eigenvalue weighted by atomic mass is 14.0. The maximum absolute atomic E-state index is 3.80. The molecule has 1 aromatic rings. The first-order valence-electron chi connectivity index (χ1n) is 5.57. The maximum Gasteiger partial charge on any atom is -0.0262 e. The van der Waals surface area contributed by atoms with Gasteiger partial charge in [0.05, 0.1) is 0 Å². The SMILES string of the molecule is C=CC(=C)CC(C)C.C=Cc1ccccc1. The van der Waals surface area contributed by atoms with E-state index in [0.29, 0.717) is 5.92 Å². The van der Waals surface area contributed by atoms with Crippen molar-refractivity contribution in [1.29, 1.82) is 0 Å². The minimum absolute atomic E-state index is 0.709. The monoisotopic (exact) mass is 214 g/mol. The van der Waals surface area contributed by atoms with Gasteiger partial charge in [-0.15, -0.1) is 0 Å². The van der Waals surface area contributed by atoms with Gasteiger partial charge in [0, 0.05) is 0 Å². The van der Waals surface area contributed by atoms with Gasteiger partial charge in [-0.05, 0) is 17.9 Å². The Labute approximate surface area is 100 Å². The molecule has 1 rings (SSSR count). The molecule has 0 amide bonds. The second-order valence-electron chi connectivity index (χ2n) is 4.08. The number of hydrogen-bond acceptors (Lipinski definition) is 0. The molecule has 0 heterocycles. The normalized spacial score (nSPS) is 8.94. The van der Waals surface area contributed by atoms with E-state index in [1.165, 1.54) is 5.56 Å². The molecule has 0 atom stereocenters. The lowest BCUT2D eigenvalue weighted by Crippen LogP contribution is -1.86. The topological polar surface area (TPSA) is 0 Å².